The number of anilines is 2. The van der Waals surface area contributed by atoms with Gasteiger partial charge in [-0.05, 0) is 61.5 Å². The molecule has 0 saturated heterocycles. The van der Waals surface area contributed by atoms with Crippen molar-refractivity contribution in [1.82, 2.24) is 15.3 Å². The van der Waals surface area contributed by atoms with Gasteiger partial charge in [-0.15, -0.1) is 0 Å². The molecule has 0 atom stereocenters. The molecule has 1 aliphatic rings. The summed E-state index contributed by atoms with van der Waals surface area (Å²) in [5.74, 6) is 0.175. The van der Waals surface area contributed by atoms with Gasteiger partial charge in [0.05, 0.1) is 22.1 Å². The van der Waals surface area contributed by atoms with Crippen molar-refractivity contribution in [1.29, 1.82) is 0 Å². The smallest absolute Gasteiger partial charge is 0.263 e. The lowest BCUT2D eigenvalue weighted by molar-refractivity contribution is 0.415. The van der Waals surface area contributed by atoms with Gasteiger partial charge in [0, 0.05) is 11.7 Å². The fourth-order valence-corrected chi connectivity index (χ4v) is 4.79. The number of rotatable bonds is 5. The van der Waals surface area contributed by atoms with Gasteiger partial charge in [-0.25, -0.2) is 13.4 Å². The molecule has 0 spiro atoms. The number of nitrogens with one attached hydrogen (secondary N) is 3. The lowest BCUT2D eigenvalue weighted by Gasteiger charge is -2.24. The van der Waals surface area contributed by atoms with Gasteiger partial charge < -0.3 is 10.6 Å². The van der Waals surface area contributed by atoms with E-state index < -0.39 is 10.0 Å². The fraction of sp³-hybridized carbons (Fsp3) is 0.286. The molecular weight excluding hydrogens is 418 g/mol. The lowest BCUT2D eigenvalue weighted by Crippen LogP contribution is -2.38. The summed E-state index contributed by atoms with van der Waals surface area (Å²) < 4.78 is 27.9. The Morgan fingerprint density at radius 3 is 2.40 bits per heavy atom. The van der Waals surface area contributed by atoms with Crippen molar-refractivity contribution < 1.29 is 8.42 Å². The van der Waals surface area contributed by atoms with Crippen LogP contribution in [0, 0.1) is 0 Å². The minimum absolute atomic E-state index is 0.133. The van der Waals surface area contributed by atoms with E-state index in [0.717, 1.165) is 18.5 Å². The molecule has 0 aliphatic heterocycles. The zero-order valence-electron chi connectivity index (χ0n) is 16.3. The van der Waals surface area contributed by atoms with Crippen LogP contribution in [-0.4, -0.2) is 29.5 Å². The summed E-state index contributed by atoms with van der Waals surface area (Å²) in [5.41, 5.74) is 2.05. The molecule has 156 valence electrons. The summed E-state index contributed by atoms with van der Waals surface area (Å²) in [6.07, 6.45) is 7.39. The highest BCUT2D eigenvalue weighted by Gasteiger charge is 2.16. The van der Waals surface area contributed by atoms with E-state index in [9.17, 15) is 8.42 Å². The predicted molar refractivity (Wildman–Crippen MR) is 123 cm³/mol. The molecule has 1 aliphatic carbocycles. The van der Waals surface area contributed by atoms with E-state index in [4.69, 9.17) is 12.2 Å². The van der Waals surface area contributed by atoms with Gasteiger partial charge in [0.25, 0.3) is 10.0 Å². The summed E-state index contributed by atoms with van der Waals surface area (Å²) in [6.45, 7) is 0. The van der Waals surface area contributed by atoms with Crippen LogP contribution < -0.4 is 15.4 Å². The van der Waals surface area contributed by atoms with Gasteiger partial charge >= 0.3 is 0 Å². The molecule has 1 heterocycles. The molecule has 0 bridgehead atoms. The third-order valence-electron chi connectivity index (χ3n) is 5.05. The normalized spacial score (nSPS) is 14.9. The predicted octanol–water partition coefficient (Wildman–Crippen LogP) is 4.05. The summed E-state index contributed by atoms with van der Waals surface area (Å²) in [7, 11) is -3.78. The zero-order chi connectivity index (χ0) is 21.0. The molecule has 1 saturated carbocycles. The topological polar surface area (TPSA) is 96.0 Å². The number of thiocarbonyl (C=S) groups is 1. The zero-order valence-corrected chi connectivity index (χ0v) is 18.0. The van der Waals surface area contributed by atoms with Crippen LogP contribution in [0.3, 0.4) is 0 Å². The van der Waals surface area contributed by atoms with Crippen molar-refractivity contribution >= 4 is 49.9 Å². The summed E-state index contributed by atoms with van der Waals surface area (Å²) in [6, 6.07) is 14.1. The van der Waals surface area contributed by atoms with Crippen LogP contribution in [0.1, 0.15) is 32.1 Å². The van der Waals surface area contributed by atoms with Crippen LogP contribution in [0.2, 0.25) is 0 Å². The Bertz CT molecular complexity index is 1140. The van der Waals surface area contributed by atoms with Crippen molar-refractivity contribution in [3.8, 4) is 0 Å². The summed E-state index contributed by atoms with van der Waals surface area (Å²) in [4.78, 5) is 8.67. The van der Waals surface area contributed by atoms with Crippen LogP contribution in [0.4, 0.5) is 11.5 Å². The first kappa shape index (κ1) is 20.5. The van der Waals surface area contributed by atoms with E-state index in [-0.39, 0.29) is 10.7 Å². The molecule has 1 aromatic heterocycles. The van der Waals surface area contributed by atoms with Gasteiger partial charge in [0.1, 0.15) is 0 Å². The highest BCUT2D eigenvalue weighted by molar-refractivity contribution is 7.92. The molecule has 0 radical (unpaired) electrons. The number of hydrogen-bond acceptors (Lipinski definition) is 5. The second-order valence-electron chi connectivity index (χ2n) is 7.31. The average Bonchev–Trinajstić information content (AvgIpc) is 2.74. The van der Waals surface area contributed by atoms with Crippen molar-refractivity contribution in [2.24, 2.45) is 0 Å². The maximum atomic E-state index is 12.7. The Hall–Kier alpha value is -2.78. The third kappa shape index (κ3) is 5.03. The average molecular weight is 442 g/mol. The number of nitrogens with zero attached hydrogens (tertiary/aromatic N) is 2. The van der Waals surface area contributed by atoms with Gasteiger partial charge in [0.2, 0.25) is 0 Å². The summed E-state index contributed by atoms with van der Waals surface area (Å²) in [5, 5.41) is 7.01. The van der Waals surface area contributed by atoms with Crippen LogP contribution in [0.5, 0.6) is 0 Å². The molecule has 2 aromatic carbocycles. The van der Waals surface area contributed by atoms with Gasteiger partial charge in [-0.1, -0.05) is 31.4 Å². The van der Waals surface area contributed by atoms with Gasteiger partial charge in [0.15, 0.2) is 10.9 Å². The van der Waals surface area contributed by atoms with Crippen molar-refractivity contribution in [3.63, 3.8) is 0 Å². The van der Waals surface area contributed by atoms with E-state index in [0.29, 0.717) is 22.2 Å². The SMILES string of the molecule is O=S(=O)(Nc1cnc2ccccc2n1)c1ccc(NC(=S)NC2CCCCC2)cc1. The standard InChI is InChI=1S/C21H23N5O2S2/c27-30(28,26-20-14-22-18-8-4-5-9-19(18)25-20)17-12-10-16(11-13-17)24-21(29)23-15-6-2-1-3-7-15/h4-5,8-15H,1-3,6-7H2,(H,25,26)(H2,23,24,29). The fourth-order valence-electron chi connectivity index (χ4n) is 3.52. The largest absolute Gasteiger partial charge is 0.360 e. The van der Waals surface area contributed by atoms with Crippen LogP contribution in [-0.2, 0) is 10.0 Å². The molecule has 1 fully saturated rings. The molecule has 0 unspecified atom stereocenters. The maximum Gasteiger partial charge on any atom is 0.263 e. The quantitative estimate of drug-likeness (QED) is 0.514. The van der Waals surface area contributed by atoms with Gasteiger partial charge in [-0.2, -0.15) is 0 Å². The molecule has 7 nitrogen and oxygen atoms in total. The Balaban J connectivity index is 1.41. The van der Waals surface area contributed by atoms with Crippen molar-refractivity contribution in [3.05, 3.63) is 54.7 Å². The van der Waals surface area contributed by atoms with Crippen molar-refractivity contribution in [2.75, 3.05) is 10.0 Å². The second kappa shape index (κ2) is 8.93. The van der Waals surface area contributed by atoms with E-state index in [1.807, 2.05) is 18.2 Å². The summed E-state index contributed by atoms with van der Waals surface area (Å²) >= 11 is 5.38. The van der Waals surface area contributed by atoms with Crippen LogP contribution in [0.25, 0.3) is 11.0 Å². The monoisotopic (exact) mass is 441 g/mol. The van der Waals surface area contributed by atoms with Crippen LogP contribution in [0.15, 0.2) is 59.6 Å². The first-order chi connectivity index (χ1) is 14.5. The Labute approximate surface area is 181 Å². The van der Waals surface area contributed by atoms with E-state index in [1.54, 1.807) is 18.2 Å². The number of fused-ring (bicyclic) bond motifs is 1. The highest BCUT2D eigenvalue weighted by atomic mass is 32.2. The third-order valence-corrected chi connectivity index (χ3v) is 6.64. The molecule has 0 amide bonds. The Morgan fingerprint density at radius 1 is 0.967 bits per heavy atom. The van der Waals surface area contributed by atoms with Gasteiger partial charge in [-0.3, -0.25) is 9.71 Å². The second-order valence-corrected chi connectivity index (χ2v) is 9.40. The number of aromatic nitrogens is 2. The van der Waals surface area contributed by atoms with Crippen molar-refractivity contribution in [2.45, 2.75) is 43.0 Å². The van der Waals surface area contributed by atoms with Crippen LogP contribution >= 0.6 is 12.2 Å². The molecule has 4 rings (SSSR count). The number of para-hydroxylation sites is 2. The molecular formula is C21H23N5O2S2. The molecule has 3 aromatic rings. The first-order valence-corrected chi connectivity index (χ1v) is 11.8. The number of benzene rings is 2. The minimum atomic E-state index is -3.78. The lowest BCUT2D eigenvalue weighted by atomic mass is 9.96. The van der Waals surface area contributed by atoms with E-state index in [2.05, 4.69) is 25.3 Å². The molecule has 30 heavy (non-hydrogen) atoms. The molecule has 3 N–H and O–H groups in total. The van der Waals surface area contributed by atoms with E-state index in [1.165, 1.54) is 37.6 Å². The minimum Gasteiger partial charge on any atom is -0.360 e. The number of hydrogen-bond donors (Lipinski definition) is 3. The maximum absolute atomic E-state index is 12.7. The molecule has 9 heteroatoms. The first-order valence-electron chi connectivity index (χ1n) is 9.92. The highest BCUT2D eigenvalue weighted by Crippen LogP contribution is 2.20. The van der Waals surface area contributed by atoms with E-state index >= 15 is 0 Å². The number of sulfonamides is 1. The Kier molecular flexibility index (Phi) is 6.10. The Morgan fingerprint density at radius 2 is 1.67 bits per heavy atom.